The van der Waals surface area contributed by atoms with Crippen molar-refractivity contribution in [2.24, 2.45) is 0 Å². The number of rotatable bonds is 14. The van der Waals surface area contributed by atoms with E-state index in [1.54, 1.807) is 7.11 Å². The molecule has 0 aliphatic carbocycles. The van der Waals surface area contributed by atoms with Crippen molar-refractivity contribution in [1.82, 2.24) is 5.32 Å². The number of hydrogen-bond acceptors (Lipinski definition) is 5. The molecule has 0 spiro atoms. The van der Waals surface area contributed by atoms with Gasteiger partial charge in [-0.3, -0.25) is 0 Å². The maximum Gasteiger partial charge on any atom is 0.0897 e. The lowest BCUT2D eigenvalue weighted by Gasteiger charge is -2.12. The van der Waals surface area contributed by atoms with E-state index in [-0.39, 0.29) is 0 Å². The lowest BCUT2D eigenvalue weighted by Crippen LogP contribution is -2.31. The van der Waals surface area contributed by atoms with E-state index in [1.807, 2.05) is 11.8 Å². The fourth-order valence-electron chi connectivity index (χ4n) is 1.54. The van der Waals surface area contributed by atoms with Gasteiger partial charge in [-0.25, -0.2) is 0 Å². The summed E-state index contributed by atoms with van der Waals surface area (Å²) in [6, 6.07) is 0. The molecule has 0 amide bonds. The number of aliphatic hydroxyl groups excluding tert-OH is 1. The summed E-state index contributed by atoms with van der Waals surface area (Å²) < 4.78 is 10.1. The summed E-state index contributed by atoms with van der Waals surface area (Å²) in [5, 5.41) is 12.8. The third kappa shape index (κ3) is 14.3. The van der Waals surface area contributed by atoms with Crippen molar-refractivity contribution in [3.05, 3.63) is 0 Å². The molecule has 0 heterocycles. The zero-order valence-corrected chi connectivity index (χ0v) is 12.6. The summed E-state index contributed by atoms with van der Waals surface area (Å²) in [5.41, 5.74) is 0. The Morgan fingerprint density at radius 1 is 1.17 bits per heavy atom. The summed E-state index contributed by atoms with van der Waals surface area (Å²) in [4.78, 5) is 0. The Labute approximate surface area is 116 Å². The Morgan fingerprint density at radius 3 is 2.67 bits per heavy atom. The van der Waals surface area contributed by atoms with Gasteiger partial charge in [-0.1, -0.05) is 12.8 Å². The van der Waals surface area contributed by atoms with Gasteiger partial charge in [-0.15, -0.1) is 0 Å². The first-order valence-corrected chi connectivity index (χ1v) is 8.15. The van der Waals surface area contributed by atoms with E-state index in [0.717, 1.165) is 6.54 Å². The average molecular weight is 279 g/mol. The lowest BCUT2D eigenvalue weighted by atomic mass is 10.2. The number of ether oxygens (including phenoxy) is 2. The minimum atomic E-state index is -0.418. The van der Waals surface area contributed by atoms with Crippen LogP contribution in [0.25, 0.3) is 0 Å². The highest BCUT2D eigenvalue weighted by Crippen LogP contribution is 2.03. The molecule has 0 aromatic carbocycles. The fourth-order valence-corrected chi connectivity index (χ4v) is 2.03. The second-order valence-corrected chi connectivity index (χ2v) is 5.32. The summed E-state index contributed by atoms with van der Waals surface area (Å²) in [7, 11) is 1.64. The molecule has 0 aromatic heterocycles. The van der Waals surface area contributed by atoms with Gasteiger partial charge < -0.3 is 19.9 Å². The molecule has 0 saturated carbocycles. The molecule has 5 heteroatoms. The summed E-state index contributed by atoms with van der Waals surface area (Å²) in [5.74, 6) is 1.27. The van der Waals surface area contributed by atoms with Crippen LogP contribution in [0.3, 0.4) is 0 Å². The first-order chi connectivity index (χ1) is 8.81. The van der Waals surface area contributed by atoms with Gasteiger partial charge in [0, 0.05) is 13.7 Å². The van der Waals surface area contributed by atoms with E-state index in [0.29, 0.717) is 26.4 Å². The SMILES string of the molecule is COCCOCC(O)CNCCCCCCSC. The molecular weight excluding hydrogens is 250 g/mol. The van der Waals surface area contributed by atoms with Crippen LogP contribution in [0.1, 0.15) is 25.7 Å². The number of hydrogen-bond donors (Lipinski definition) is 2. The van der Waals surface area contributed by atoms with Crippen LogP contribution in [0.15, 0.2) is 0 Å². The molecule has 18 heavy (non-hydrogen) atoms. The zero-order valence-electron chi connectivity index (χ0n) is 11.8. The van der Waals surface area contributed by atoms with Crippen LogP contribution in [-0.2, 0) is 9.47 Å². The number of nitrogens with one attached hydrogen (secondary N) is 1. The molecule has 2 N–H and O–H groups in total. The van der Waals surface area contributed by atoms with E-state index in [9.17, 15) is 5.11 Å². The molecule has 0 saturated heterocycles. The Balaban J connectivity index is 3.08. The van der Waals surface area contributed by atoms with Gasteiger partial charge in [0.15, 0.2) is 0 Å². The van der Waals surface area contributed by atoms with E-state index in [2.05, 4.69) is 11.6 Å². The lowest BCUT2D eigenvalue weighted by molar-refractivity contribution is 0.0138. The van der Waals surface area contributed by atoms with Crippen LogP contribution >= 0.6 is 11.8 Å². The van der Waals surface area contributed by atoms with Crippen LogP contribution in [0, 0.1) is 0 Å². The Kier molecular flexibility index (Phi) is 15.4. The van der Waals surface area contributed by atoms with Crippen molar-refractivity contribution in [1.29, 1.82) is 0 Å². The van der Waals surface area contributed by atoms with Crippen molar-refractivity contribution in [2.45, 2.75) is 31.8 Å². The molecule has 0 aromatic rings. The normalized spacial score (nSPS) is 12.8. The molecule has 1 atom stereocenters. The molecule has 0 aliphatic rings. The third-order valence-electron chi connectivity index (χ3n) is 2.57. The summed E-state index contributed by atoms with van der Waals surface area (Å²) >= 11 is 1.91. The van der Waals surface area contributed by atoms with Gasteiger partial charge in [0.25, 0.3) is 0 Å². The molecule has 4 nitrogen and oxygen atoms in total. The fraction of sp³-hybridized carbons (Fsp3) is 1.00. The Hall–Kier alpha value is 0.190. The average Bonchev–Trinajstić information content (AvgIpc) is 2.38. The second kappa shape index (κ2) is 15.2. The van der Waals surface area contributed by atoms with Gasteiger partial charge in [0.2, 0.25) is 0 Å². The number of methoxy groups -OCH3 is 1. The van der Waals surface area contributed by atoms with Gasteiger partial charge in [-0.2, -0.15) is 11.8 Å². The highest BCUT2D eigenvalue weighted by atomic mass is 32.2. The summed E-state index contributed by atoms with van der Waals surface area (Å²) in [6.07, 6.45) is 6.82. The smallest absolute Gasteiger partial charge is 0.0897 e. The van der Waals surface area contributed by atoms with Gasteiger partial charge in [-0.05, 0) is 31.4 Å². The number of unbranched alkanes of at least 4 members (excludes halogenated alkanes) is 3. The monoisotopic (exact) mass is 279 g/mol. The minimum Gasteiger partial charge on any atom is -0.389 e. The molecular formula is C13H29NO3S. The molecule has 0 rings (SSSR count). The maximum atomic E-state index is 9.59. The van der Waals surface area contributed by atoms with Crippen molar-refractivity contribution in [3.8, 4) is 0 Å². The molecule has 1 unspecified atom stereocenters. The molecule has 0 fully saturated rings. The van der Waals surface area contributed by atoms with Crippen LogP contribution in [-0.4, -0.2) is 63.2 Å². The van der Waals surface area contributed by atoms with E-state index < -0.39 is 6.10 Å². The highest BCUT2D eigenvalue weighted by molar-refractivity contribution is 7.98. The maximum absolute atomic E-state index is 9.59. The van der Waals surface area contributed by atoms with Crippen molar-refractivity contribution >= 4 is 11.8 Å². The van der Waals surface area contributed by atoms with E-state index >= 15 is 0 Å². The highest BCUT2D eigenvalue weighted by Gasteiger charge is 2.02. The van der Waals surface area contributed by atoms with Crippen molar-refractivity contribution in [2.75, 3.05) is 52.0 Å². The van der Waals surface area contributed by atoms with Crippen LogP contribution in [0.4, 0.5) is 0 Å². The van der Waals surface area contributed by atoms with Crippen LogP contribution in [0.2, 0.25) is 0 Å². The largest absolute Gasteiger partial charge is 0.389 e. The standard InChI is InChI=1S/C13H29NO3S/c1-16-8-9-17-12-13(15)11-14-7-5-3-4-6-10-18-2/h13-15H,3-12H2,1-2H3. The Bertz CT molecular complexity index is 161. The van der Waals surface area contributed by atoms with Crippen molar-refractivity contribution in [3.63, 3.8) is 0 Å². The predicted octanol–water partition coefficient (Wildman–Crippen LogP) is 1.52. The predicted molar refractivity (Wildman–Crippen MR) is 78.4 cm³/mol. The quantitative estimate of drug-likeness (QED) is 0.472. The molecule has 110 valence electrons. The number of thioether (sulfide) groups is 1. The minimum absolute atomic E-state index is 0.379. The van der Waals surface area contributed by atoms with E-state index in [1.165, 1.54) is 31.4 Å². The molecule has 0 aliphatic heterocycles. The molecule has 0 bridgehead atoms. The third-order valence-corrected chi connectivity index (χ3v) is 3.27. The van der Waals surface area contributed by atoms with Crippen LogP contribution in [0.5, 0.6) is 0 Å². The molecule has 0 radical (unpaired) electrons. The van der Waals surface area contributed by atoms with E-state index in [4.69, 9.17) is 9.47 Å². The van der Waals surface area contributed by atoms with Gasteiger partial charge in [0.1, 0.15) is 0 Å². The van der Waals surface area contributed by atoms with Gasteiger partial charge in [0.05, 0.1) is 25.9 Å². The second-order valence-electron chi connectivity index (χ2n) is 4.33. The number of aliphatic hydroxyl groups is 1. The topological polar surface area (TPSA) is 50.7 Å². The van der Waals surface area contributed by atoms with Gasteiger partial charge >= 0.3 is 0 Å². The summed E-state index contributed by atoms with van der Waals surface area (Å²) in [6.45, 7) is 3.09. The van der Waals surface area contributed by atoms with Crippen LogP contribution < -0.4 is 5.32 Å². The van der Waals surface area contributed by atoms with Crippen molar-refractivity contribution < 1.29 is 14.6 Å². The zero-order chi connectivity index (χ0) is 13.5. The first-order valence-electron chi connectivity index (χ1n) is 6.75. The first kappa shape index (κ1) is 18.2. The Morgan fingerprint density at radius 2 is 1.94 bits per heavy atom.